The summed E-state index contributed by atoms with van der Waals surface area (Å²) in [6.45, 7) is 2.76. The van der Waals surface area contributed by atoms with Gasteiger partial charge in [-0.3, -0.25) is 4.98 Å². The molecule has 2 aromatic heterocycles. The van der Waals surface area contributed by atoms with E-state index in [1.165, 1.54) is 4.31 Å². The van der Waals surface area contributed by atoms with E-state index in [1.807, 2.05) is 19.1 Å². The zero-order chi connectivity index (χ0) is 21.1. The first kappa shape index (κ1) is 20.7. The molecule has 30 heavy (non-hydrogen) atoms. The van der Waals surface area contributed by atoms with Crippen molar-refractivity contribution in [3.63, 3.8) is 0 Å². The summed E-state index contributed by atoms with van der Waals surface area (Å²) in [6.07, 6.45) is 4.96. The molecule has 1 atom stereocenters. The lowest BCUT2D eigenvalue weighted by Crippen LogP contribution is -2.39. The largest absolute Gasteiger partial charge is 0.324 e. The Morgan fingerprint density at radius 3 is 2.67 bits per heavy atom. The second-order valence-electron chi connectivity index (χ2n) is 7.25. The minimum Gasteiger partial charge on any atom is -0.324 e. The minimum absolute atomic E-state index is 0.00634. The maximum Gasteiger partial charge on any atom is 0.244 e. The number of anilines is 2. The van der Waals surface area contributed by atoms with Gasteiger partial charge in [-0.25, -0.2) is 18.4 Å². The molecule has 0 aliphatic carbocycles. The quantitative estimate of drug-likeness (QED) is 0.637. The van der Waals surface area contributed by atoms with Crippen molar-refractivity contribution in [1.29, 1.82) is 0 Å². The predicted octanol–water partition coefficient (Wildman–Crippen LogP) is 4.15. The Hall–Kier alpha value is -2.55. The Morgan fingerprint density at radius 2 is 1.90 bits per heavy atom. The van der Waals surface area contributed by atoms with E-state index in [9.17, 15) is 8.42 Å². The molecule has 3 aromatic rings. The molecule has 0 unspecified atom stereocenters. The average molecular weight is 444 g/mol. The average Bonchev–Trinajstić information content (AvgIpc) is 2.74. The summed E-state index contributed by atoms with van der Waals surface area (Å²) in [6, 6.07) is 12.2. The van der Waals surface area contributed by atoms with Crippen molar-refractivity contribution in [2.45, 2.75) is 30.6 Å². The Labute approximate surface area is 181 Å². The molecule has 0 amide bonds. The van der Waals surface area contributed by atoms with Crippen molar-refractivity contribution < 1.29 is 8.42 Å². The van der Waals surface area contributed by atoms with Gasteiger partial charge in [0.15, 0.2) is 0 Å². The third kappa shape index (κ3) is 4.45. The number of hydrogen-bond donors (Lipinski definition) is 1. The fraction of sp³-hybridized carbons (Fsp3) is 0.286. The van der Waals surface area contributed by atoms with Gasteiger partial charge in [0.05, 0.1) is 5.02 Å². The molecule has 3 heterocycles. The molecule has 9 heteroatoms. The normalized spacial score (nSPS) is 17.6. The van der Waals surface area contributed by atoms with E-state index in [-0.39, 0.29) is 15.8 Å². The number of rotatable bonds is 5. The first-order valence-corrected chi connectivity index (χ1v) is 11.5. The van der Waals surface area contributed by atoms with Crippen molar-refractivity contribution >= 4 is 33.3 Å². The van der Waals surface area contributed by atoms with Gasteiger partial charge in [0.2, 0.25) is 16.0 Å². The highest BCUT2D eigenvalue weighted by atomic mass is 35.5. The molecule has 1 saturated heterocycles. The molecule has 0 bridgehead atoms. The minimum atomic E-state index is -3.66. The third-order valence-electron chi connectivity index (χ3n) is 5.05. The highest BCUT2D eigenvalue weighted by Gasteiger charge is 2.32. The van der Waals surface area contributed by atoms with Crippen LogP contribution in [0.3, 0.4) is 0 Å². The number of pyridine rings is 1. The van der Waals surface area contributed by atoms with E-state index < -0.39 is 10.0 Å². The van der Waals surface area contributed by atoms with Gasteiger partial charge in [-0.2, -0.15) is 4.31 Å². The second-order valence-corrected chi connectivity index (χ2v) is 9.57. The van der Waals surface area contributed by atoms with E-state index in [0.717, 1.165) is 29.9 Å². The lowest BCUT2D eigenvalue weighted by Gasteiger charge is -2.32. The monoisotopic (exact) mass is 443 g/mol. The first-order valence-electron chi connectivity index (χ1n) is 9.71. The number of nitrogens with zero attached hydrogens (tertiary/aromatic N) is 4. The second kappa shape index (κ2) is 8.67. The van der Waals surface area contributed by atoms with Crippen LogP contribution >= 0.6 is 11.6 Å². The number of aromatic nitrogens is 3. The van der Waals surface area contributed by atoms with Crippen molar-refractivity contribution in [2.24, 2.45) is 0 Å². The topological polar surface area (TPSA) is 88.1 Å². The van der Waals surface area contributed by atoms with E-state index in [2.05, 4.69) is 20.3 Å². The molecule has 0 saturated carbocycles. The molecule has 4 rings (SSSR count). The summed E-state index contributed by atoms with van der Waals surface area (Å²) in [5.74, 6) is 0.494. The van der Waals surface area contributed by atoms with E-state index in [1.54, 1.807) is 42.7 Å². The summed E-state index contributed by atoms with van der Waals surface area (Å²) in [5.41, 5.74) is 2.53. The number of nitrogens with one attached hydrogen (secondary N) is 1. The predicted molar refractivity (Wildman–Crippen MR) is 116 cm³/mol. The van der Waals surface area contributed by atoms with E-state index >= 15 is 0 Å². The van der Waals surface area contributed by atoms with Gasteiger partial charge >= 0.3 is 0 Å². The van der Waals surface area contributed by atoms with Crippen LogP contribution in [-0.2, 0) is 10.0 Å². The molecule has 1 aromatic carbocycles. The van der Waals surface area contributed by atoms with Crippen LogP contribution < -0.4 is 5.32 Å². The van der Waals surface area contributed by atoms with Crippen molar-refractivity contribution in [2.75, 3.05) is 18.4 Å². The molecule has 0 spiro atoms. The van der Waals surface area contributed by atoms with Gasteiger partial charge in [-0.05, 0) is 50.1 Å². The molecule has 0 radical (unpaired) electrons. The molecular formula is C21H22ClN5O2S. The van der Waals surface area contributed by atoms with Crippen LogP contribution in [0.1, 0.15) is 30.1 Å². The lowest BCUT2D eigenvalue weighted by atomic mass is 9.95. The summed E-state index contributed by atoms with van der Waals surface area (Å²) in [5, 5.41) is 3.43. The number of hydrogen-bond acceptors (Lipinski definition) is 6. The van der Waals surface area contributed by atoms with E-state index in [0.29, 0.717) is 19.0 Å². The molecule has 1 aliphatic heterocycles. The van der Waals surface area contributed by atoms with Crippen LogP contribution in [0, 0.1) is 6.92 Å². The van der Waals surface area contributed by atoms with Crippen LogP contribution in [0.15, 0.2) is 59.8 Å². The number of sulfonamides is 1. The number of aryl methyl sites for hydroxylation is 1. The summed E-state index contributed by atoms with van der Waals surface area (Å²) in [4.78, 5) is 13.2. The lowest BCUT2D eigenvalue weighted by molar-refractivity contribution is 0.312. The summed E-state index contributed by atoms with van der Waals surface area (Å²) < 4.78 is 27.8. The first-order chi connectivity index (χ1) is 14.4. The molecule has 1 aliphatic rings. The van der Waals surface area contributed by atoms with Crippen LogP contribution in [0.4, 0.5) is 11.6 Å². The van der Waals surface area contributed by atoms with Crippen molar-refractivity contribution in [3.8, 4) is 0 Å². The molecule has 1 fully saturated rings. The third-order valence-corrected chi connectivity index (χ3v) is 7.42. The number of halogens is 1. The van der Waals surface area contributed by atoms with Crippen LogP contribution in [0.25, 0.3) is 0 Å². The summed E-state index contributed by atoms with van der Waals surface area (Å²) >= 11 is 6.16. The Bertz CT molecular complexity index is 1140. The maximum absolute atomic E-state index is 13.2. The van der Waals surface area contributed by atoms with Gasteiger partial charge < -0.3 is 5.32 Å². The zero-order valence-corrected chi connectivity index (χ0v) is 18.1. The fourth-order valence-electron chi connectivity index (χ4n) is 3.66. The Morgan fingerprint density at radius 1 is 1.13 bits per heavy atom. The van der Waals surface area contributed by atoms with Crippen LogP contribution in [-0.4, -0.2) is 40.8 Å². The highest BCUT2D eigenvalue weighted by molar-refractivity contribution is 7.89. The standard InChI is InChI=1S/C21H22ClN5O2S/c1-15-12-17(26-21-23-9-5-10-24-21)13-19(25-15)16-6-4-11-27(14-16)30(28,29)20-8-3-2-7-18(20)22/h2-3,5,7-10,12-13,16H,4,6,11,14H2,1H3,(H,23,24,25,26)/t16-/m1/s1. The fourth-order valence-corrected chi connectivity index (χ4v) is 5.68. The smallest absolute Gasteiger partial charge is 0.244 e. The van der Waals surface area contributed by atoms with Crippen LogP contribution in [0.5, 0.6) is 0 Å². The van der Waals surface area contributed by atoms with Crippen LogP contribution in [0.2, 0.25) is 5.02 Å². The maximum atomic E-state index is 13.2. The molecular weight excluding hydrogens is 422 g/mol. The van der Waals surface area contributed by atoms with Gasteiger partial charge in [0.1, 0.15) is 4.90 Å². The van der Waals surface area contributed by atoms with Gasteiger partial charge in [-0.15, -0.1) is 0 Å². The molecule has 1 N–H and O–H groups in total. The van der Waals surface area contributed by atoms with Gasteiger partial charge in [0.25, 0.3) is 0 Å². The van der Waals surface area contributed by atoms with Gasteiger partial charge in [0, 0.05) is 48.5 Å². The molecule has 156 valence electrons. The highest BCUT2D eigenvalue weighted by Crippen LogP contribution is 2.32. The number of benzene rings is 1. The number of piperidine rings is 1. The van der Waals surface area contributed by atoms with Gasteiger partial charge in [-0.1, -0.05) is 23.7 Å². The zero-order valence-electron chi connectivity index (χ0n) is 16.5. The Kier molecular flexibility index (Phi) is 5.99. The summed E-state index contributed by atoms with van der Waals surface area (Å²) in [7, 11) is -3.66. The Balaban J connectivity index is 1.58. The van der Waals surface area contributed by atoms with Crippen molar-refractivity contribution in [1.82, 2.24) is 19.3 Å². The van der Waals surface area contributed by atoms with Crippen molar-refractivity contribution in [3.05, 3.63) is 71.3 Å². The SMILES string of the molecule is Cc1cc(Nc2ncccn2)cc([C@@H]2CCCN(S(=O)(=O)c3ccccc3Cl)C2)n1. The van der Waals surface area contributed by atoms with E-state index in [4.69, 9.17) is 11.6 Å². The molecule has 7 nitrogen and oxygen atoms in total.